The minimum absolute atomic E-state index is 0.0288. The lowest BCUT2D eigenvalue weighted by Gasteiger charge is -2.14. The number of carbonyl (C=O) groups is 1. The van der Waals surface area contributed by atoms with Gasteiger partial charge in [-0.25, -0.2) is 4.98 Å². The minimum atomic E-state index is -3.00. The largest absolute Gasteiger partial charge is 0.497 e. The van der Waals surface area contributed by atoms with E-state index in [2.05, 4.69) is 15.0 Å². The molecule has 1 amide bonds. The summed E-state index contributed by atoms with van der Waals surface area (Å²) in [5.41, 5.74) is 1.66. The van der Waals surface area contributed by atoms with Crippen LogP contribution in [0, 0.1) is 6.92 Å². The SMILES string of the molecule is COc1ccc(-c2cc(NC(=O)c3sc4ncn(C)c(=O)c4c3C)ccc2OC(F)F)cc1. The summed E-state index contributed by atoms with van der Waals surface area (Å²) in [4.78, 5) is 30.5. The van der Waals surface area contributed by atoms with Crippen LogP contribution in [0.25, 0.3) is 21.3 Å². The molecular weight excluding hydrogens is 452 g/mol. The second kappa shape index (κ2) is 8.99. The van der Waals surface area contributed by atoms with E-state index in [1.165, 1.54) is 30.1 Å². The molecule has 0 saturated carbocycles. The molecule has 0 aliphatic carbocycles. The standard InChI is InChI=1S/C23H19F2N3O4S/c1-12-18-21(26-11-28(2)22(18)30)33-19(12)20(29)27-14-6-9-17(32-23(24)25)16(10-14)13-4-7-15(31-3)8-5-13/h4-11,23H,1-3H3,(H,27,29). The summed E-state index contributed by atoms with van der Waals surface area (Å²) >= 11 is 1.12. The van der Waals surface area contributed by atoms with Crippen molar-refractivity contribution in [2.24, 2.45) is 7.05 Å². The van der Waals surface area contributed by atoms with Crippen molar-refractivity contribution in [1.29, 1.82) is 0 Å². The Morgan fingerprint density at radius 2 is 1.91 bits per heavy atom. The fourth-order valence-electron chi connectivity index (χ4n) is 3.42. The Hall–Kier alpha value is -3.79. The van der Waals surface area contributed by atoms with Crippen LogP contribution in [0.4, 0.5) is 14.5 Å². The Morgan fingerprint density at radius 3 is 2.58 bits per heavy atom. The van der Waals surface area contributed by atoms with Gasteiger partial charge in [-0.05, 0) is 48.4 Å². The van der Waals surface area contributed by atoms with E-state index in [1.807, 2.05) is 0 Å². The number of hydrogen-bond acceptors (Lipinski definition) is 6. The number of aromatic nitrogens is 2. The third-order valence-electron chi connectivity index (χ3n) is 5.07. The molecular formula is C23H19F2N3O4S. The lowest BCUT2D eigenvalue weighted by molar-refractivity contribution is -0.0494. The second-order valence-electron chi connectivity index (χ2n) is 7.17. The fraction of sp³-hybridized carbons (Fsp3) is 0.174. The van der Waals surface area contributed by atoms with Gasteiger partial charge in [0.2, 0.25) is 0 Å². The van der Waals surface area contributed by atoms with Gasteiger partial charge >= 0.3 is 6.61 Å². The number of aryl methyl sites for hydroxylation is 2. The maximum absolute atomic E-state index is 13.0. The number of amides is 1. The van der Waals surface area contributed by atoms with E-state index in [9.17, 15) is 18.4 Å². The number of thiophene rings is 1. The summed E-state index contributed by atoms with van der Waals surface area (Å²) in [7, 11) is 3.12. The van der Waals surface area contributed by atoms with Crippen LogP contribution in [0.2, 0.25) is 0 Å². The molecule has 7 nitrogen and oxygen atoms in total. The molecule has 2 aromatic carbocycles. The van der Waals surface area contributed by atoms with Gasteiger partial charge < -0.3 is 19.4 Å². The smallest absolute Gasteiger partial charge is 0.387 e. The van der Waals surface area contributed by atoms with Gasteiger partial charge in [-0.1, -0.05) is 12.1 Å². The van der Waals surface area contributed by atoms with Gasteiger partial charge in [0, 0.05) is 18.3 Å². The zero-order valence-electron chi connectivity index (χ0n) is 17.9. The predicted molar refractivity (Wildman–Crippen MR) is 123 cm³/mol. The van der Waals surface area contributed by atoms with Gasteiger partial charge in [0.15, 0.2) is 0 Å². The summed E-state index contributed by atoms with van der Waals surface area (Å²) in [5.74, 6) is 0.152. The first-order valence-electron chi connectivity index (χ1n) is 9.78. The van der Waals surface area contributed by atoms with Crippen molar-refractivity contribution in [2.75, 3.05) is 12.4 Å². The number of halogens is 2. The Bertz CT molecular complexity index is 1400. The normalized spacial score (nSPS) is 11.1. The molecule has 0 spiro atoms. The maximum atomic E-state index is 13.0. The third kappa shape index (κ3) is 4.42. The first-order valence-corrected chi connectivity index (χ1v) is 10.6. The molecule has 2 aromatic heterocycles. The Kier molecular flexibility index (Phi) is 6.10. The van der Waals surface area contributed by atoms with E-state index in [1.54, 1.807) is 44.3 Å². The van der Waals surface area contributed by atoms with Gasteiger partial charge in [-0.15, -0.1) is 11.3 Å². The zero-order chi connectivity index (χ0) is 23.7. The Labute approximate surface area is 191 Å². The van der Waals surface area contributed by atoms with Crippen molar-refractivity contribution in [2.45, 2.75) is 13.5 Å². The molecule has 0 aliphatic rings. The number of nitrogens with one attached hydrogen (secondary N) is 1. The highest BCUT2D eigenvalue weighted by atomic mass is 32.1. The monoisotopic (exact) mass is 471 g/mol. The second-order valence-corrected chi connectivity index (χ2v) is 8.17. The number of benzene rings is 2. The van der Waals surface area contributed by atoms with E-state index in [0.717, 1.165) is 11.3 Å². The van der Waals surface area contributed by atoms with Crippen molar-refractivity contribution in [3.05, 3.63) is 69.6 Å². The van der Waals surface area contributed by atoms with Gasteiger partial charge in [0.05, 0.1) is 23.7 Å². The van der Waals surface area contributed by atoms with Crippen LogP contribution in [0.1, 0.15) is 15.2 Å². The van der Waals surface area contributed by atoms with Crippen molar-refractivity contribution in [3.8, 4) is 22.6 Å². The number of methoxy groups -OCH3 is 1. The molecule has 170 valence electrons. The number of rotatable bonds is 6. The van der Waals surface area contributed by atoms with Crippen molar-refractivity contribution < 1.29 is 23.0 Å². The Balaban J connectivity index is 1.70. The molecule has 0 atom stereocenters. The molecule has 2 heterocycles. The molecule has 1 N–H and O–H groups in total. The van der Waals surface area contributed by atoms with Crippen molar-refractivity contribution in [1.82, 2.24) is 9.55 Å². The Morgan fingerprint density at radius 1 is 1.18 bits per heavy atom. The van der Waals surface area contributed by atoms with Gasteiger partial charge in [-0.3, -0.25) is 9.59 Å². The van der Waals surface area contributed by atoms with E-state index >= 15 is 0 Å². The highest BCUT2D eigenvalue weighted by molar-refractivity contribution is 7.20. The van der Waals surface area contributed by atoms with Crippen LogP contribution < -0.4 is 20.3 Å². The molecule has 0 saturated heterocycles. The average molecular weight is 471 g/mol. The molecule has 0 fully saturated rings. The third-order valence-corrected chi connectivity index (χ3v) is 6.27. The molecule has 0 bridgehead atoms. The summed E-state index contributed by atoms with van der Waals surface area (Å²) < 4.78 is 37.0. The van der Waals surface area contributed by atoms with Crippen LogP contribution in [0.5, 0.6) is 11.5 Å². The number of anilines is 1. The van der Waals surface area contributed by atoms with Crippen LogP contribution in [0.3, 0.4) is 0 Å². The average Bonchev–Trinajstić information content (AvgIpc) is 3.14. The topological polar surface area (TPSA) is 82.5 Å². The van der Waals surface area contributed by atoms with Crippen LogP contribution in [-0.2, 0) is 7.05 Å². The summed E-state index contributed by atoms with van der Waals surface area (Å²) in [5, 5.41) is 3.17. The molecule has 10 heteroatoms. The molecule has 33 heavy (non-hydrogen) atoms. The summed E-state index contributed by atoms with van der Waals surface area (Å²) in [6.45, 7) is -1.31. The van der Waals surface area contributed by atoms with Crippen molar-refractivity contribution >= 4 is 33.1 Å². The molecule has 4 rings (SSSR count). The van der Waals surface area contributed by atoms with Gasteiger partial charge in [0.1, 0.15) is 16.3 Å². The number of ether oxygens (including phenoxy) is 2. The highest BCUT2D eigenvalue weighted by Crippen LogP contribution is 2.35. The number of carbonyl (C=O) groups excluding carboxylic acids is 1. The van der Waals surface area contributed by atoms with Crippen molar-refractivity contribution in [3.63, 3.8) is 0 Å². The van der Waals surface area contributed by atoms with Crippen LogP contribution in [-0.4, -0.2) is 29.2 Å². The quantitative estimate of drug-likeness (QED) is 0.436. The van der Waals surface area contributed by atoms with Crippen LogP contribution >= 0.6 is 11.3 Å². The first-order chi connectivity index (χ1) is 15.8. The summed E-state index contributed by atoms with van der Waals surface area (Å²) in [6.07, 6.45) is 1.41. The first kappa shape index (κ1) is 22.4. The molecule has 0 radical (unpaired) electrons. The van der Waals surface area contributed by atoms with E-state index in [4.69, 9.17) is 4.74 Å². The van der Waals surface area contributed by atoms with Crippen LogP contribution in [0.15, 0.2) is 53.6 Å². The lowest BCUT2D eigenvalue weighted by atomic mass is 10.0. The van der Waals surface area contributed by atoms with E-state index < -0.39 is 12.5 Å². The minimum Gasteiger partial charge on any atom is -0.497 e. The van der Waals surface area contributed by atoms with E-state index in [0.29, 0.717) is 43.2 Å². The maximum Gasteiger partial charge on any atom is 0.387 e. The number of nitrogens with zero attached hydrogens (tertiary/aromatic N) is 2. The lowest BCUT2D eigenvalue weighted by Crippen LogP contribution is -2.17. The number of fused-ring (bicyclic) bond motifs is 1. The zero-order valence-corrected chi connectivity index (χ0v) is 18.7. The molecule has 4 aromatic rings. The molecule has 0 aliphatic heterocycles. The number of alkyl halides is 2. The van der Waals surface area contributed by atoms with Gasteiger partial charge in [0.25, 0.3) is 11.5 Å². The highest BCUT2D eigenvalue weighted by Gasteiger charge is 2.20. The molecule has 0 unspecified atom stereocenters. The fourth-order valence-corrected chi connectivity index (χ4v) is 4.45. The predicted octanol–water partition coefficient (Wildman–Crippen LogP) is 4.83. The number of hydrogen-bond donors (Lipinski definition) is 1. The van der Waals surface area contributed by atoms with E-state index in [-0.39, 0.29) is 11.3 Å². The summed E-state index contributed by atoms with van der Waals surface area (Å²) in [6, 6.07) is 11.2. The van der Waals surface area contributed by atoms with Gasteiger partial charge in [-0.2, -0.15) is 8.78 Å².